The van der Waals surface area contributed by atoms with Gasteiger partial charge in [-0.05, 0) is 59.2 Å². The molecule has 10 heteroatoms. The fourth-order valence-electron chi connectivity index (χ4n) is 4.13. The second-order valence-electron chi connectivity index (χ2n) is 9.51. The summed E-state index contributed by atoms with van der Waals surface area (Å²) in [6, 6.07) is 4.23. The number of unbranched alkanes of at least 4 members (excludes halogenated alkanes) is 8. The van der Waals surface area contributed by atoms with Crippen molar-refractivity contribution in [3.8, 4) is 5.75 Å². The summed E-state index contributed by atoms with van der Waals surface area (Å²) >= 11 is 8.91. The first-order valence-electron chi connectivity index (χ1n) is 13.8. The second-order valence-corrected chi connectivity index (χ2v) is 10.7. The van der Waals surface area contributed by atoms with Crippen LogP contribution in [0.3, 0.4) is 0 Å². The Hall–Kier alpha value is -2.20. The van der Waals surface area contributed by atoms with Gasteiger partial charge in [0.25, 0.3) is 5.91 Å². The highest BCUT2D eigenvalue weighted by Gasteiger charge is 2.34. The van der Waals surface area contributed by atoms with Crippen LogP contribution in [0.1, 0.15) is 94.8 Å². The van der Waals surface area contributed by atoms with Crippen LogP contribution in [-0.2, 0) is 14.3 Å². The molecule has 38 heavy (non-hydrogen) atoms. The maximum atomic E-state index is 12.9. The monoisotopic (exact) mass is 611 g/mol. The number of carbonyl (C=O) groups excluding carboxylic acids is 3. The molecule has 212 valence electrons. The molecule has 0 radical (unpaired) electrons. The number of esters is 1. The number of hydrogen-bond acceptors (Lipinski definition) is 6. The van der Waals surface area contributed by atoms with E-state index in [0.29, 0.717) is 42.1 Å². The fourth-order valence-corrected chi connectivity index (χ4v) is 4.93. The number of amides is 2. The summed E-state index contributed by atoms with van der Waals surface area (Å²) in [4.78, 5) is 39.5. The second kappa shape index (κ2) is 18.2. The lowest BCUT2D eigenvalue weighted by molar-refractivity contribution is -0.147. The summed E-state index contributed by atoms with van der Waals surface area (Å²) < 4.78 is 11.8. The van der Waals surface area contributed by atoms with E-state index < -0.39 is 17.9 Å². The predicted molar refractivity (Wildman–Crippen MR) is 156 cm³/mol. The van der Waals surface area contributed by atoms with Crippen LogP contribution in [0.4, 0.5) is 0 Å². The van der Waals surface area contributed by atoms with Gasteiger partial charge in [0, 0.05) is 18.7 Å². The van der Waals surface area contributed by atoms with Crippen LogP contribution >= 0.6 is 28.1 Å². The van der Waals surface area contributed by atoms with Crippen molar-refractivity contribution in [1.82, 2.24) is 15.5 Å². The van der Waals surface area contributed by atoms with Crippen LogP contribution in [0.25, 0.3) is 0 Å². The maximum Gasteiger partial charge on any atom is 0.308 e. The van der Waals surface area contributed by atoms with Gasteiger partial charge in [0.05, 0.1) is 24.1 Å². The summed E-state index contributed by atoms with van der Waals surface area (Å²) in [5.74, 6) is -0.501. The van der Waals surface area contributed by atoms with Crippen molar-refractivity contribution in [1.29, 1.82) is 0 Å². The summed E-state index contributed by atoms with van der Waals surface area (Å²) in [5, 5.41) is 5.57. The van der Waals surface area contributed by atoms with E-state index >= 15 is 0 Å². The van der Waals surface area contributed by atoms with Crippen molar-refractivity contribution in [2.75, 3.05) is 26.3 Å². The van der Waals surface area contributed by atoms with E-state index in [9.17, 15) is 14.4 Å². The minimum Gasteiger partial charge on any atom is -0.492 e. The molecule has 8 nitrogen and oxygen atoms in total. The van der Waals surface area contributed by atoms with Gasteiger partial charge in [-0.25, -0.2) is 0 Å². The number of hydrogen-bond donors (Lipinski definition) is 2. The molecule has 1 fully saturated rings. The summed E-state index contributed by atoms with van der Waals surface area (Å²) in [7, 11) is 0. The Morgan fingerprint density at radius 2 is 1.74 bits per heavy atom. The van der Waals surface area contributed by atoms with Crippen molar-refractivity contribution >= 4 is 51.0 Å². The van der Waals surface area contributed by atoms with Crippen molar-refractivity contribution in [3.63, 3.8) is 0 Å². The highest BCUT2D eigenvalue weighted by atomic mass is 79.9. The van der Waals surface area contributed by atoms with E-state index in [4.69, 9.17) is 21.7 Å². The number of nitrogens with one attached hydrogen (secondary N) is 2. The maximum absolute atomic E-state index is 12.9. The number of piperazine rings is 1. The first-order valence-corrected chi connectivity index (χ1v) is 15.0. The van der Waals surface area contributed by atoms with E-state index in [1.54, 1.807) is 23.1 Å². The molecule has 1 aliphatic heterocycles. The lowest BCUT2D eigenvalue weighted by Crippen LogP contribution is -2.60. The minimum atomic E-state index is -0.830. The van der Waals surface area contributed by atoms with Gasteiger partial charge < -0.3 is 19.7 Å². The van der Waals surface area contributed by atoms with Crippen LogP contribution < -0.4 is 15.4 Å². The van der Waals surface area contributed by atoms with Gasteiger partial charge >= 0.3 is 5.97 Å². The van der Waals surface area contributed by atoms with Gasteiger partial charge in [0.1, 0.15) is 11.8 Å². The molecule has 1 atom stereocenters. The van der Waals surface area contributed by atoms with E-state index in [-0.39, 0.29) is 17.4 Å². The first-order chi connectivity index (χ1) is 18.4. The van der Waals surface area contributed by atoms with Gasteiger partial charge in [-0.15, -0.1) is 0 Å². The molecule has 0 aliphatic carbocycles. The quantitative estimate of drug-likeness (QED) is 0.144. The molecule has 0 spiro atoms. The topological polar surface area (TPSA) is 97.0 Å². The number of ether oxygens (including phenoxy) is 2. The third-order valence-electron chi connectivity index (χ3n) is 6.38. The highest BCUT2D eigenvalue weighted by molar-refractivity contribution is 9.10. The molecule has 1 aromatic carbocycles. The van der Waals surface area contributed by atoms with Crippen LogP contribution in [0, 0.1) is 0 Å². The van der Waals surface area contributed by atoms with Gasteiger partial charge in [0.15, 0.2) is 5.11 Å². The van der Waals surface area contributed by atoms with Gasteiger partial charge in [-0.3, -0.25) is 19.7 Å². The number of rotatable bonds is 16. The smallest absolute Gasteiger partial charge is 0.308 e. The molecular weight excluding hydrogens is 570 g/mol. The zero-order chi connectivity index (χ0) is 27.8. The minimum absolute atomic E-state index is 0.102. The van der Waals surface area contributed by atoms with Crippen LogP contribution in [0.5, 0.6) is 5.75 Å². The van der Waals surface area contributed by atoms with E-state index in [1.807, 2.05) is 0 Å². The summed E-state index contributed by atoms with van der Waals surface area (Å²) in [6.45, 7) is 5.99. The van der Waals surface area contributed by atoms with E-state index in [0.717, 1.165) is 32.1 Å². The molecule has 2 rings (SSSR count). The van der Waals surface area contributed by atoms with Crippen molar-refractivity contribution in [3.05, 3.63) is 28.2 Å². The normalized spacial score (nSPS) is 15.1. The molecule has 1 aliphatic rings. The number of halogens is 1. The van der Waals surface area contributed by atoms with E-state index in [1.165, 1.54) is 32.1 Å². The molecule has 0 bridgehead atoms. The summed E-state index contributed by atoms with van der Waals surface area (Å²) in [5.41, 5.74) is 0.393. The van der Waals surface area contributed by atoms with Crippen molar-refractivity contribution in [2.45, 2.75) is 90.5 Å². The average molecular weight is 613 g/mol. The van der Waals surface area contributed by atoms with Crippen LogP contribution in [-0.4, -0.2) is 60.1 Å². The SMILES string of the molecule is CCCCCCCCCCOC(=O)CC1C(=O)NCCN1C(=S)NC(=O)c1ccc(OCCCC)c(Br)c1. The van der Waals surface area contributed by atoms with Crippen molar-refractivity contribution in [2.24, 2.45) is 0 Å². The Kier molecular flexibility index (Phi) is 15.3. The standard InChI is InChI=1S/C28H42BrN3O5S/c1-3-5-7-8-9-10-11-12-18-37-25(33)20-23-27(35)30-15-16-32(23)28(38)31-26(34)21-13-14-24(22(29)19-21)36-17-6-4-2/h13-14,19,23H,3-12,15-18,20H2,1-2H3,(H,30,35)(H,31,34,38). The number of benzene rings is 1. The zero-order valence-electron chi connectivity index (χ0n) is 22.7. The van der Waals surface area contributed by atoms with Gasteiger partial charge in [-0.2, -0.15) is 0 Å². The highest BCUT2D eigenvalue weighted by Crippen LogP contribution is 2.26. The fraction of sp³-hybridized carbons (Fsp3) is 0.643. The Balaban J connectivity index is 1.83. The van der Waals surface area contributed by atoms with Crippen LogP contribution in [0.2, 0.25) is 0 Å². The molecule has 0 saturated carbocycles. The third-order valence-corrected chi connectivity index (χ3v) is 7.34. The largest absolute Gasteiger partial charge is 0.492 e. The van der Waals surface area contributed by atoms with Gasteiger partial charge in [-0.1, -0.05) is 65.2 Å². The van der Waals surface area contributed by atoms with Crippen LogP contribution in [0.15, 0.2) is 22.7 Å². The molecule has 1 aromatic rings. The predicted octanol–water partition coefficient (Wildman–Crippen LogP) is 5.52. The number of nitrogens with zero attached hydrogens (tertiary/aromatic N) is 1. The summed E-state index contributed by atoms with van der Waals surface area (Å²) in [6.07, 6.45) is 11.1. The number of carbonyl (C=O) groups is 3. The van der Waals surface area contributed by atoms with E-state index in [2.05, 4.69) is 40.4 Å². The molecule has 2 N–H and O–H groups in total. The Morgan fingerprint density at radius 3 is 2.42 bits per heavy atom. The Morgan fingerprint density at radius 1 is 1.05 bits per heavy atom. The lowest BCUT2D eigenvalue weighted by Gasteiger charge is -2.36. The van der Waals surface area contributed by atoms with Gasteiger partial charge in [0.2, 0.25) is 5.91 Å². The molecule has 0 aromatic heterocycles. The molecular formula is C28H42BrN3O5S. The number of thiocarbonyl (C=S) groups is 1. The third kappa shape index (κ3) is 11.3. The Bertz CT molecular complexity index is 930. The Labute approximate surface area is 240 Å². The molecule has 1 saturated heterocycles. The molecule has 1 unspecified atom stereocenters. The molecule has 2 amide bonds. The van der Waals surface area contributed by atoms with Crippen molar-refractivity contribution < 1.29 is 23.9 Å². The lowest BCUT2D eigenvalue weighted by atomic mass is 10.1. The zero-order valence-corrected chi connectivity index (χ0v) is 25.1. The molecule has 1 heterocycles. The average Bonchev–Trinajstić information content (AvgIpc) is 2.89. The first kappa shape index (κ1) is 32.0.